The van der Waals surface area contributed by atoms with Crippen molar-refractivity contribution < 1.29 is 9.32 Å². The van der Waals surface area contributed by atoms with Gasteiger partial charge in [-0.25, -0.2) is 0 Å². The number of hydrogen-bond acceptors (Lipinski definition) is 8. The molecule has 0 unspecified atom stereocenters. The molecule has 6 nitrogen and oxygen atoms in total. The van der Waals surface area contributed by atoms with E-state index in [-0.39, 0.29) is 11.7 Å². The zero-order valence-corrected chi connectivity index (χ0v) is 13.4. The van der Waals surface area contributed by atoms with E-state index in [9.17, 15) is 4.79 Å². The van der Waals surface area contributed by atoms with Crippen LogP contribution < -0.4 is 11.1 Å². The van der Waals surface area contributed by atoms with Gasteiger partial charge in [-0.15, -0.1) is 23.1 Å². The Labute approximate surface area is 130 Å². The zero-order chi connectivity index (χ0) is 15.0. The summed E-state index contributed by atoms with van der Waals surface area (Å²) >= 11 is 2.96. The van der Waals surface area contributed by atoms with Crippen molar-refractivity contribution in [2.75, 3.05) is 17.3 Å². The van der Waals surface area contributed by atoms with Crippen LogP contribution in [0.3, 0.4) is 0 Å². The SMILES string of the molecule is CSc1c(NCc2noc(C)n2)sc(C(=O)C2CC2)c1N. The second kappa shape index (κ2) is 5.69. The Hall–Kier alpha value is -1.54. The van der Waals surface area contributed by atoms with Crippen LogP contribution >= 0.6 is 23.1 Å². The fourth-order valence-electron chi connectivity index (χ4n) is 2.03. The predicted molar refractivity (Wildman–Crippen MR) is 83.9 cm³/mol. The van der Waals surface area contributed by atoms with Crippen LogP contribution in [0.4, 0.5) is 10.7 Å². The summed E-state index contributed by atoms with van der Waals surface area (Å²) in [5.74, 6) is 1.47. The van der Waals surface area contributed by atoms with Crippen LogP contribution in [0.25, 0.3) is 0 Å². The van der Waals surface area contributed by atoms with Crippen molar-refractivity contribution in [1.82, 2.24) is 10.1 Å². The number of anilines is 2. The highest BCUT2D eigenvalue weighted by molar-refractivity contribution is 7.99. The lowest BCUT2D eigenvalue weighted by Gasteiger charge is -2.03. The first-order valence-electron chi connectivity index (χ1n) is 6.63. The minimum atomic E-state index is 0.174. The van der Waals surface area contributed by atoms with Gasteiger partial charge in [0.1, 0.15) is 5.00 Å². The second-order valence-corrected chi connectivity index (χ2v) is 6.77. The number of hydrogen-bond donors (Lipinski definition) is 2. The first kappa shape index (κ1) is 14.4. The smallest absolute Gasteiger partial charge is 0.223 e. The lowest BCUT2D eigenvalue weighted by atomic mass is 10.2. The maximum absolute atomic E-state index is 12.2. The summed E-state index contributed by atoms with van der Waals surface area (Å²) in [5, 5.41) is 7.98. The summed E-state index contributed by atoms with van der Waals surface area (Å²) in [6, 6.07) is 0. The first-order valence-corrected chi connectivity index (χ1v) is 8.67. The minimum Gasteiger partial charge on any atom is -0.396 e. The molecule has 0 radical (unpaired) electrons. The number of Topliss-reactive ketones (excluding diaryl/α,β-unsaturated/α-hetero) is 1. The van der Waals surface area contributed by atoms with Gasteiger partial charge in [-0.1, -0.05) is 5.16 Å². The van der Waals surface area contributed by atoms with Crippen molar-refractivity contribution in [3.05, 3.63) is 16.6 Å². The van der Waals surface area contributed by atoms with E-state index in [0.29, 0.717) is 28.8 Å². The molecule has 1 fully saturated rings. The molecule has 1 saturated carbocycles. The Morgan fingerprint density at radius 1 is 1.57 bits per heavy atom. The standard InChI is InChI=1S/C13H16N4O2S2/c1-6-16-8(17-19-6)5-15-13-12(20-2)9(14)11(21-13)10(18)7-3-4-7/h7,15H,3-5,14H2,1-2H3. The summed E-state index contributed by atoms with van der Waals surface area (Å²) in [7, 11) is 0. The van der Waals surface area contributed by atoms with Crippen molar-refractivity contribution >= 4 is 39.6 Å². The Morgan fingerprint density at radius 2 is 2.33 bits per heavy atom. The van der Waals surface area contributed by atoms with Crippen molar-refractivity contribution in [3.63, 3.8) is 0 Å². The topological polar surface area (TPSA) is 94.0 Å². The van der Waals surface area contributed by atoms with Crippen LogP contribution in [-0.4, -0.2) is 22.2 Å². The summed E-state index contributed by atoms with van der Waals surface area (Å²) < 4.78 is 4.93. The molecule has 21 heavy (non-hydrogen) atoms. The van der Waals surface area contributed by atoms with Gasteiger partial charge in [-0.05, 0) is 19.1 Å². The summed E-state index contributed by atoms with van der Waals surface area (Å²) in [6.45, 7) is 2.20. The van der Waals surface area contributed by atoms with Crippen LogP contribution in [0.15, 0.2) is 9.42 Å². The van der Waals surface area contributed by atoms with Gasteiger partial charge in [-0.2, -0.15) is 4.98 Å². The monoisotopic (exact) mass is 324 g/mol. The van der Waals surface area contributed by atoms with Gasteiger partial charge in [0.05, 0.1) is 22.0 Å². The van der Waals surface area contributed by atoms with Crippen LogP contribution in [-0.2, 0) is 6.54 Å². The number of thioether (sulfide) groups is 1. The van der Waals surface area contributed by atoms with Gasteiger partial charge < -0.3 is 15.6 Å². The van der Waals surface area contributed by atoms with E-state index in [0.717, 1.165) is 22.7 Å². The quantitative estimate of drug-likeness (QED) is 0.623. The van der Waals surface area contributed by atoms with Crippen LogP contribution in [0.5, 0.6) is 0 Å². The van der Waals surface area contributed by atoms with Gasteiger partial charge in [0.25, 0.3) is 0 Å². The van der Waals surface area contributed by atoms with Crippen LogP contribution in [0.2, 0.25) is 0 Å². The normalized spacial score (nSPS) is 14.4. The largest absolute Gasteiger partial charge is 0.396 e. The second-order valence-electron chi connectivity index (χ2n) is 4.93. The molecule has 8 heteroatoms. The van der Waals surface area contributed by atoms with Crippen LogP contribution in [0.1, 0.15) is 34.2 Å². The number of nitrogens with one attached hydrogen (secondary N) is 1. The van der Waals surface area contributed by atoms with E-state index >= 15 is 0 Å². The highest BCUT2D eigenvalue weighted by Gasteiger charge is 2.34. The molecular weight excluding hydrogens is 308 g/mol. The number of thiophene rings is 1. The molecule has 2 aromatic heterocycles. The Kier molecular flexibility index (Phi) is 3.90. The number of carbonyl (C=O) groups is 1. The lowest BCUT2D eigenvalue weighted by molar-refractivity contribution is 0.0972. The molecule has 3 rings (SSSR count). The predicted octanol–water partition coefficient (Wildman–Crippen LogP) is 2.95. The lowest BCUT2D eigenvalue weighted by Crippen LogP contribution is -2.02. The van der Waals surface area contributed by atoms with Crippen molar-refractivity contribution in [1.29, 1.82) is 0 Å². The fourth-order valence-corrected chi connectivity index (χ4v) is 4.08. The minimum absolute atomic E-state index is 0.174. The number of aryl methyl sites for hydroxylation is 1. The third-order valence-electron chi connectivity index (χ3n) is 3.25. The van der Waals surface area contributed by atoms with Crippen molar-refractivity contribution in [3.8, 4) is 0 Å². The average Bonchev–Trinajstić information content (AvgIpc) is 3.16. The van der Waals surface area contributed by atoms with Gasteiger partial charge in [0.2, 0.25) is 5.89 Å². The average molecular weight is 324 g/mol. The number of nitrogens with zero attached hydrogens (tertiary/aromatic N) is 2. The van der Waals surface area contributed by atoms with E-state index in [2.05, 4.69) is 15.5 Å². The third kappa shape index (κ3) is 2.91. The summed E-state index contributed by atoms with van der Waals surface area (Å²) in [4.78, 5) is 18.0. The molecule has 112 valence electrons. The molecule has 0 aliphatic heterocycles. The molecule has 2 aromatic rings. The molecule has 0 aromatic carbocycles. The van der Waals surface area contributed by atoms with Gasteiger partial charge in [-0.3, -0.25) is 4.79 Å². The summed E-state index contributed by atoms with van der Waals surface area (Å²) in [6.07, 6.45) is 3.92. The van der Waals surface area contributed by atoms with Crippen molar-refractivity contribution in [2.45, 2.75) is 31.2 Å². The van der Waals surface area contributed by atoms with Gasteiger partial charge >= 0.3 is 0 Å². The van der Waals surface area contributed by atoms with Gasteiger partial charge in [0.15, 0.2) is 11.6 Å². The first-order chi connectivity index (χ1) is 10.1. The van der Waals surface area contributed by atoms with Crippen molar-refractivity contribution in [2.24, 2.45) is 5.92 Å². The van der Waals surface area contributed by atoms with E-state index in [4.69, 9.17) is 10.3 Å². The number of nitrogens with two attached hydrogens (primary N) is 1. The molecule has 2 heterocycles. The van der Waals surface area contributed by atoms with E-state index in [1.807, 2.05) is 6.26 Å². The number of carbonyl (C=O) groups excluding carboxylic acids is 1. The molecule has 1 aliphatic rings. The summed E-state index contributed by atoms with van der Waals surface area (Å²) in [5.41, 5.74) is 6.73. The molecule has 0 atom stereocenters. The zero-order valence-electron chi connectivity index (χ0n) is 11.8. The molecule has 0 bridgehead atoms. The van der Waals surface area contributed by atoms with Gasteiger partial charge in [0, 0.05) is 12.8 Å². The third-order valence-corrected chi connectivity index (χ3v) is 5.39. The van der Waals surface area contributed by atoms with E-state index in [1.54, 1.807) is 6.92 Å². The molecular formula is C13H16N4O2S2. The molecule has 0 spiro atoms. The number of aromatic nitrogens is 2. The van der Waals surface area contributed by atoms with Crippen LogP contribution in [0, 0.1) is 12.8 Å². The van der Waals surface area contributed by atoms with E-state index in [1.165, 1.54) is 23.1 Å². The fraction of sp³-hybridized carbons (Fsp3) is 0.462. The molecule has 0 amide bonds. The Balaban J connectivity index is 1.80. The number of ketones is 1. The molecule has 1 aliphatic carbocycles. The Bertz CT molecular complexity index is 676. The molecule has 0 saturated heterocycles. The Morgan fingerprint density at radius 3 is 2.90 bits per heavy atom. The van der Waals surface area contributed by atoms with E-state index < -0.39 is 0 Å². The number of nitrogen functional groups attached to an aromatic ring is 1. The maximum Gasteiger partial charge on any atom is 0.223 e. The maximum atomic E-state index is 12.2. The molecule has 3 N–H and O–H groups in total. The number of rotatable bonds is 6. The highest BCUT2D eigenvalue weighted by Crippen LogP contribution is 2.45. The highest BCUT2D eigenvalue weighted by atomic mass is 32.2.